The van der Waals surface area contributed by atoms with Crippen LogP contribution in [0.5, 0.6) is 0 Å². The van der Waals surface area contributed by atoms with E-state index in [1.165, 1.54) is 25.1 Å². The fourth-order valence-electron chi connectivity index (χ4n) is 2.18. The number of hydrogen-bond acceptors (Lipinski definition) is 4. The molecule has 0 radical (unpaired) electrons. The molecule has 0 aliphatic heterocycles. The average molecular weight is 351 g/mol. The molecule has 1 amide bonds. The number of nitrogens with zero attached hydrogens (tertiary/aromatic N) is 2. The summed E-state index contributed by atoms with van der Waals surface area (Å²) in [5, 5.41) is 2.52. The largest absolute Gasteiger partial charge is 0.416 e. The number of alkyl halides is 3. The van der Waals surface area contributed by atoms with Gasteiger partial charge >= 0.3 is 6.18 Å². The molecule has 0 atom stereocenters. The number of halogens is 3. The number of ketones is 1. The number of amides is 1. The molecule has 0 saturated heterocycles. The molecule has 0 unspecified atom stereocenters. The molecule has 5 nitrogen and oxygen atoms in total. The zero-order chi connectivity index (χ0) is 18.6. The van der Waals surface area contributed by atoms with Gasteiger partial charge in [0, 0.05) is 12.2 Å². The van der Waals surface area contributed by atoms with E-state index < -0.39 is 17.6 Å². The highest BCUT2D eigenvalue weighted by Crippen LogP contribution is 2.29. The summed E-state index contributed by atoms with van der Waals surface area (Å²) in [6, 6.07) is 6.16. The van der Waals surface area contributed by atoms with Gasteiger partial charge in [0.2, 0.25) is 0 Å². The lowest BCUT2D eigenvalue weighted by Gasteiger charge is -2.10. The van der Waals surface area contributed by atoms with E-state index in [2.05, 4.69) is 15.3 Å². The molecule has 1 heterocycles. The van der Waals surface area contributed by atoms with Gasteiger partial charge in [0.1, 0.15) is 17.3 Å². The standard InChI is InChI=1S/C17H16F3N3O2/c1-10-6-14(23-15(22-10)7-11(2)24)16(25)21-9-12-4-3-5-13(8-12)17(18,19)20/h3-6,8H,7,9H2,1-2H3,(H,21,25). The molecule has 0 saturated carbocycles. The van der Waals surface area contributed by atoms with Gasteiger partial charge in [-0.1, -0.05) is 12.1 Å². The van der Waals surface area contributed by atoms with Crippen molar-refractivity contribution in [2.24, 2.45) is 0 Å². The molecule has 1 aromatic heterocycles. The summed E-state index contributed by atoms with van der Waals surface area (Å²) in [6.07, 6.45) is -4.43. The molecule has 0 fully saturated rings. The molecule has 0 bridgehead atoms. The van der Waals surface area contributed by atoms with Crippen molar-refractivity contribution in [3.8, 4) is 0 Å². The van der Waals surface area contributed by atoms with E-state index in [4.69, 9.17) is 0 Å². The second-order valence-corrected chi connectivity index (χ2v) is 5.57. The van der Waals surface area contributed by atoms with Crippen LogP contribution in [0.2, 0.25) is 0 Å². The fourth-order valence-corrected chi connectivity index (χ4v) is 2.18. The number of aromatic nitrogens is 2. The van der Waals surface area contributed by atoms with Gasteiger partial charge in [-0.25, -0.2) is 9.97 Å². The van der Waals surface area contributed by atoms with Crippen molar-refractivity contribution < 1.29 is 22.8 Å². The van der Waals surface area contributed by atoms with Crippen LogP contribution in [0.3, 0.4) is 0 Å². The minimum atomic E-state index is -4.44. The Morgan fingerprint density at radius 3 is 2.52 bits per heavy atom. The van der Waals surface area contributed by atoms with Crippen molar-refractivity contribution in [3.63, 3.8) is 0 Å². The first kappa shape index (κ1) is 18.6. The van der Waals surface area contributed by atoms with E-state index in [0.717, 1.165) is 12.1 Å². The van der Waals surface area contributed by atoms with Crippen LogP contribution in [-0.4, -0.2) is 21.7 Å². The van der Waals surface area contributed by atoms with Crippen molar-refractivity contribution in [1.29, 1.82) is 0 Å². The Labute approximate surface area is 142 Å². The molecule has 0 aliphatic rings. The van der Waals surface area contributed by atoms with Crippen LogP contribution in [0.15, 0.2) is 30.3 Å². The van der Waals surface area contributed by atoms with E-state index in [9.17, 15) is 22.8 Å². The summed E-state index contributed by atoms with van der Waals surface area (Å²) < 4.78 is 38.1. The van der Waals surface area contributed by atoms with Gasteiger partial charge < -0.3 is 5.32 Å². The molecular weight excluding hydrogens is 335 g/mol. The van der Waals surface area contributed by atoms with Crippen molar-refractivity contribution in [2.75, 3.05) is 0 Å². The molecule has 8 heteroatoms. The first-order valence-electron chi connectivity index (χ1n) is 7.43. The van der Waals surface area contributed by atoms with Crippen LogP contribution < -0.4 is 5.32 Å². The number of carbonyl (C=O) groups excluding carboxylic acids is 2. The molecule has 25 heavy (non-hydrogen) atoms. The molecule has 0 spiro atoms. The van der Waals surface area contributed by atoms with Gasteiger partial charge in [-0.15, -0.1) is 0 Å². The molecule has 132 valence electrons. The minimum Gasteiger partial charge on any atom is -0.347 e. The minimum absolute atomic E-state index is 0.00951. The Bertz CT molecular complexity index is 804. The van der Waals surface area contributed by atoms with Crippen LogP contribution in [-0.2, 0) is 23.9 Å². The predicted octanol–water partition coefficient (Wildman–Crippen LogP) is 2.87. The number of aryl methyl sites for hydroxylation is 1. The summed E-state index contributed by atoms with van der Waals surface area (Å²) in [4.78, 5) is 31.4. The Morgan fingerprint density at radius 2 is 1.88 bits per heavy atom. The second-order valence-electron chi connectivity index (χ2n) is 5.57. The SMILES string of the molecule is CC(=O)Cc1nc(C)cc(C(=O)NCc2cccc(C(F)(F)F)c2)n1. The zero-order valence-corrected chi connectivity index (χ0v) is 13.6. The monoisotopic (exact) mass is 351 g/mol. The molecule has 1 N–H and O–H groups in total. The van der Waals surface area contributed by atoms with Crippen molar-refractivity contribution in [1.82, 2.24) is 15.3 Å². The number of hydrogen-bond donors (Lipinski definition) is 1. The predicted molar refractivity (Wildman–Crippen MR) is 83.8 cm³/mol. The summed E-state index contributed by atoms with van der Waals surface area (Å²) in [7, 11) is 0. The number of benzene rings is 1. The Hall–Kier alpha value is -2.77. The highest BCUT2D eigenvalue weighted by atomic mass is 19.4. The fraction of sp³-hybridized carbons (Fsp3) is 0.294. The lowest BCUT2D eigenvalue weighted by atomic mass is 10.1. The van der Waals surface area contributed by atoms with Crippen LogP contribution in [0.4, 0.5) is 13.2 Å². The zero-order valence-electron chi connectivity index (χ0n) is 13.6. The number of Topliss-reactive ketones (excluding diaryl/α,β-unsaturated/α-hetero) is 1. The van der Waals surface area contributed by atoms with Crippen molar-refractivity contribution in [3.05, 3.63) is 58.7 Å². The van der Waals surface area contributed by atoms with Crippen molar-refractivity contribution >= 4 is 11.7 Å². The molecule has 2 aromatic rings. The highest BCUT2D eigenvalue weighted by Gasteiger charge is 2.30. The van der Waals surface area contributed by atoms with Gasteiger partial charge in [0.25, 0.3) is 5.91 Å². The maximum atomic E-state index is 12.7. The second kappa shape index (κ2) is 7.42. The number of nitrogens with one attached hydrogen (secondary N) is 1. The van der Waals surface area contributed by atoms with Crippen LogP contribution in [0.25, 0.3) is 0 Å². The summed E-state index contributed by atoms with van der Waals surface area (Å²) in [6.45, 7) is 2.97. The summed E-state index contributed by atoms with van der Waals surface area (Å²) >= 11 is 0. The highest BCUT2D eigenvalue weighted by molar-refractivity contribution is 5.92. The third-order valence-electron chi connectivity index (χ3n) is 3.25. The average Bonchev–Trinajstić information content (AvgIpc) is 2.51. The van der Waals surface area contributed by atoms with Gasteiger partial charge in [-0.2, -0.15) is 13.2 Å². The third kappa shape index (κ3) is 5.37. The van der Waals surface area contributed by atoms with E-state index in [-0.39, 0.29) is 30.3 Å². The van der Waals surface area contributed by atoms with E-state index in [1.807, 2.05) is 0 Å². The topological polar surface area (TPSA) is 72.0 Å². The van der Waals surface area contributed by atoms with E-state index >= 15 is 0 Å². The lowest BCUT2D eigenvalue weighted by Crippen LogP contribution is -2.25. The van der Waals surface area contributed by atoms with Gasteiger partial charge in [-0.05, 0) is 37.6 Å². The Morgan fingerprint density at radius 1 is 1.16 bits per heavy atom. The van der Waals surface area contributed by atoms with E-state index in [1.54, 1.807) is 6.92 Å². The molecule has 2 rings (SSSR count). The first-order valence-corrected chi connectivity index (χ1v) is 7.43. The number of rotatable bonds is 5. The lowest BCUT2D eigenvalue weighted by molar-refractivity contribution is -0.137. The smallest absolute Gasteiger partial charge is 0.347 e. The van der Waals surface area contributed by atoms with Crippen LogP contribution >= 0.6 is 0 Å². The van der Waals surface area contributed by atoms with Crippen LogP contribution in [0.1, 0.15) is 40.1 Å². The summed E-state index contributed by atoms with van der Waals surface area (Å²) in [5.41, 5.74) is 0.130. The van der Waals surface area contributed by atoms with Gasteiger partial charge in [0.15, 0.2) is 0 Å². The first-order chi connectivity index (χ1) is 11.6. The third-order valence-corrected chi connectivity index (χ3v) is 3.25. The van der Waals surface area contributed by atoms with Crippen molar-refractivity contribution in [2.45, 2.75) is 33.0 Å². The molecule has 0 aliphatic carbocycles. The number of carbonyl (C=O) groups is 2. The molecule has 1 aromatic carbocycles. The molecular formula is C17H16F3N3O2. The van der Waals surface area contributed by atoms with Gasteiger partial charge in [0.05, 0.1) is 12.0 Å². The van der Waals surface area contributed by atoms with Gasteiger partial charge in [-0.3, -0.25) is 9.59 Å². The maximum Gasteiger partial charge on any atom is 0.416 e. The Kier molecular flexibility index (Phi) is 5.51. The normalized spacial score (nSPS) is 11.2. The quantitative estimate of drug-likeness (QED) is 0.899. The van der Waals surface area contributed by atoms with E-state index in [0.29, 0.717) is 11.3 Å². The summed E-state index contributed by atoms with van der Waals surface area (Å²) in [5.74, 6) is -0.453. The van der Waals surface area contributed by atoms with Crippen LogP contribution in [0, 0.1) is 6.92 Å². The Balaban J connectivity index is 2.10. The maximum absolute atomic E-state index is 12.7.